The summed E-state index contributed by atoms with van der Waals surface area (Å²) in [6.07, 6.45) is 0. The fraction of sp³-hybridized carbons (Fsp3) is 0.0556. The van der Waals surface area contributed by atoms with Crippen LogP contribution in [0.15, 0.2) is 121 Å². The zero-order valence-electron chi connectivity index (χ0n) is 21.5. The molecule has 2 nitrogen and oxygen atoms in total. The number of hydrogen-bond acceptors (Lipinski definition) is 2. The highest BCUT2D eigenvalue weighted by Gasteiger charge is 2.12. The maximum atomic E-state index is 6.37. The van der Waals surface area contributed by atoms with Gasteiger partial charge in [-0.2, -0.15) is 0 Å². The van der Waals surface area contributed by atoms with E-state index in [4.69, 9.17) is 32.7 Å². The van der Waals surface area contributed by atoms with Crippen LogP contribution in [0.1, 0.15) is 11.1 Å². The molecule has 0 aliphatic heterocycles. The molecule has 0 unspecified atom stereocenters. The van der Waals surface area contributed by atoms with E-state index in [1.165, 1.54) is 21.5 Å². The molecule has 0 saturated heterocycles. The van der Waals surface area contributed by atoms with Crippen LogP contribution in [0.2, 0.25) is 10.0 Å². The van der Waals surface area contributed by atoms with Crippen LogP contribution in [0.25, 0.3) is 43.1 Å². The Balaban J connectivity index is 1.36. The first-order valence-corrected chi connectivity index (χ1v) is 13.9. The molecular weight excluding hydrogens is 535 g/mol. The second-order valence-corrected chi connectivity index (χ2v) is 10.7. The van der Waals surface area contributed by atoms with Gasteiger partial charge >= 0.3 is 0 Å². The molecule has 40 heavy (non-hydrogen) atoms. The topological polar surface area (TPSA) is 18.5 Å². The van der Waals surface area contributed by atoms with E-state index in [-0.39, 0.29) is 0 Å². The van der Waals surface area contributed by atoms with Crippen LogP contribution in [-0.4, -0.2) is 0 Å². The average Bonchev–Trinajstić information content (AvgIpc) is 2.99. The van der Waals surface area contributed by atoms with E-state index in [0.717, 1.165) is 44.2 Å². The van der Waals surface area contributed by atoms with Gasteiger partial charge in [0.25, 0.3) is 0 Å². The highest BCUT2D eigenvalue weighted by atomic mass is 35.5. The number of ether oxygens (including phenoxy) is 2. The van der Waals surface area contributed by atoms with Gasteiger partial charge in [0.2, 0.25) is 0 Å². The molecule has 0 bridgehead atoms. The predicted octanol–water partition coefficient (Wildman–Crippen LogP) is 10.8. The molecule has 0 aliphatic carbocycles. The lowest BCUT2D eigenvalue weighted by Crippen LogP contribution is -1.96. The first-order valence-electron chi connectivity index (χ1n) is 13.2. The summed E-state index contributed by atoms with van der Waals surface area (Å²) in [7, 11) is 0. The second-order valence-electron chi connectivity index (χ2n) is 9.92. The molecule has 194 valence electrons. The van der Waals surface area contributed by atoms with Gasteiger partial charge in [0, 0.05) is 21.2 Å². The fourth-order valence-corrected chi connectivity index (χ4v) is 5.76. The number of fused-ring (bicyclic) bond motifs is 7. The van der Waals surface area contributed by atoms with Crippen LogP contribution in [-0.2, 0) is 13.2 Å². The average molecular weight is 559 g/mol. The Hall–Kier alpha value is -4.24. The Morgan fingerprint density at radius 3 is 1.23 bits per heavy atom. The van der Waals surface area contributed by atoms with Gasteiger partial charge in [0.1, 0.15) is 24.7 Å². The molecule has 0 heterocycles. The normalized spacial score (nSPS) is 11.4. The Bertz CT molecular complexity index is 1890. The van der Waals surface area contributed by atoms with E-state index in [1.54, 1.807) is 0 Å². The summed E-state index contributed by atoms with van der Waals surface area (Å²) < 4.78 is 12.4. The Kier molecular flexibility index (Phi) is 6.43. The van der Waals surface area contributed by atoms with Crippen LogP contribution in [0.5, 0.6) is 11.5 Å². The second kappa shape index (κ2) is 10.4. The van der Waals surface area contributed by atoms with Crippen molar-refractivity contribution in [3.63, 3.8) is 0 Å². The fourth-order valence-electron chi connectivity index (χ4n) is 5.38. The molecule has 0 N–H and O–H groups in total. The lowest BCUT2D eigenvalue weighted by molar-refractivity contribution is 0.306. The number of halogens is 2. The van der Waals surface area contributed by atoms with E-state index < -0.39 is 0 Å². The van der Waals surface area contributed by atoms with Crippen molar-refractivity contribution in [2.24, 2.45) is 0 Å². The summed E-state index contributed by atoms with van der Waals surface area (Å²) in [5, 5.41) is 10.8. The van der Waals surface area contributed by atoms with Crippen molar-refractivity contribution in [2.45, 2.75) is 13.2 Å². The third-order valence-corrected chi connectivity index (χ3v) is 8.18. The van der Waals surface area contributed by atoms with Crippen LogP contribution >= 0.6 is 23.2 Å². The van der Waals surface area contributed by atoms with Crippen molar-refractivity contribution in [2.75, 3.05) is 0 Å². The molecule has 0 fully saturated rings. The van der Waals surface area contributed by atoms with Gasteiger partial charge < -0.3 is 9.47 Å². The van der Waals surface area contributed by atoms with Crippen molar-refractivity contribution in [3.05, 3.63) is 142 Å². The molecule has 7 rings (SSSR count). The van der Waals surface area contributed by atoms with Crippen LogP contribution in [0.3, 0.4) is 0 Å². The van der Waals surface area contributed by atoms with Crippen LogP contribution < -0.4 is 9.47 Å². The highest BCUT2D eigenvalue weighted by Crippen LogP contribution is 2.39. The predicted molar refractivity (Wildman–Crippen MR) is 168 cm³/mol. The third-order valence-electron chi connectivity index (χ3n) is 7.45. The first-order chi connectivity index (χ1) is 19.6. The molecule has 0 saturated carbocycles. The van der Waals surface area contributed by atoms with Crippen molar-refractivity contribution in [1.29, 1.82) is 0 Å². The Morgan fingerprint density at radius 2 is 0.800 bits per heavy atom. The number of benzene rings is 7. The van der Waals surface area contributed by atoms with Gasteiger partial charge in [0.05, 0.1) is 0 Å². The molecular formula is C36H24Cl2O2. The smallest absolute Gasteiger partial charge is 0.120 e. The zero-order valence-corrected chi connectivity index (χ0v) is 23.0. The Labute approximate surface area is 242 Å². The first kappa shape index (κ1) is 24.8. The van der Waals surface area contributed by atoms with Crippen molar-refractivity contribution >= 4 is 66.3 Å². The quantitative estimate of drug-likeness (QED) is 0.189. The van der Waals surface area contributed by atoms with Gasteiger partial charge in [-0.05, 0) is 79.5 Å². The van der Waals surface area contributed by atoms with Gasteiger partial charge in [-0.1, -0.05) is 108 Å². The standard InChI is InChI=1S/C36H24Cl2O2/c37-33-7-3-1-5-27(33)21-39-29-17-15-23-9-11-25-13-14-26-12-10-24-16-18-30(40-22-28-6-2-4-8-34(28)38)20-32(24)36(26)35(25)31(23)19-29/h1-20H,21-22H2. The summed E-state index contributed by atoms with van der Waals surface area (Å²) in [6.45, 7) is 0.817. The van der Waals surface area contributed by atoms with Crippen LogP contribution in [0.4, 0.5) is 0 Å². The maximum absolute atomic E-state index is 6.37. The summed E-state index contributed by atoms with van der Waals surface area (Å²) in [6, 6.07) is 41.2. The largest absolute Gasteiger partial charge is 0.489 e. The molecule has 0 aliphatic rings. The highest BCUT2D eigenvalue weighted by molar-refractivity contribution is 6.31. The van der Waals surface area contributed by atoms with E-state index in [1.807, 2.05) is 60.7 Å². The van der Waals surface area contributed by atoms with Gasteiger partial charge in [0.15, 0.2) is 0 Å². The molecule has 0 atom stereocenters. The van der Waals surface area contributed by atoms with Crippen molar-refractivity contribution in [1.82, 2.24) is 0 Å². The number of hydrogen-bond donors (Lipinski definition) is 0. The summed E-state index contributed by atoms with van der Waals surface area (Å²) in [5.41, 5.74) is 1.92. The lowest BCUT2D eigenvalue weighted by Gasteiger charge is -2.14. The summed E-state index contributed by atoms with van der Waals surface area (Å²) in [5.74, 6) is 1.61. The van der Waals surface area contributed by atoms with Crippen LogP contribution in [0, 0.1) is 0 Å². The monoisotopic (exact) mass is 558 g/mol. The molecule has 4 heteroatoms. The maximum Gasteiger partial charge on any atom is 0.120 e. The molecule has 7 aromatic rings. The van der Waals surface area contributed by atoms with E-state index in [9.17, 15) is 0 Å². The zero-order chi connectivity index (χ0) is 27.1. The van der Waals surface area contributed by atoms with E-state index in [0.29, 0.717) is 23.3 Å². The minimum Gasteiger partial charge on any atom is -0.489 e. The summed E-state index contributed by atoms with van der Waals surface area (Å²) >= 11 is 12.7. The SMILES string of the molecule is Clc1ccccc1COc1ccc2ccc3ccc4ccc5ccc(OCc6ccccc6Cl)cc5c4c3c2c1. The van der Waals surface area contributed by atoms with E-state index >= 15 is 0 Å². The molecule has 7 aromatic carbocycles. The lowest BCUT2D eigenvalue weighted by atomic mass is 9.93. The third kappa shape index (κ3) is 4.60. The summed E-state index contributed by atoms with van der Waals surface area (Å²) in [4.78, 5) is 0. The van der Waals surface area contributed by atoms with Gasteiger partial charge in [-0.25, -0.2) is 0 Å². The molecule has 0 amide bonds. The molecule has 0 aromatic heterocycles. The van der Waals surface area contributed by atoms with E-state index in [2.05, 4.69) is 60.7 Å². The minimum atomic E-state index is 0.408. The molecule has 0 spiro atoms. The minimum absolute atomic E-state index is 0.408. The van der Waals surface area contributed by atoms with Gasteiger partial charge in [-0.3, -0.25) is 0 Å². The number of rotatable bonds is 6. The van der Waals surface area contributed by atoms with Crippen molar-refractivity contribution < 1.29 is 9.47 Å². The van der Waals surface area contributed by atoms with Crippen molar-refractivity contribution in [3.8, 4) is 11.5 Å². The van der Waals surface area contributed by atoms with Gasteiger partial charge in [-0.15, -0.1) is 0 Å². The molecule has 0 radical (unpaired) electrons. The Morgan fingerprint density at radius 1 is 0.425 bits per heavy atom.